The molecule has 10 aromatic carbocycles. The van der Waals surface area contributed by atoms with Crippen LogP contribution in [0.25, 0.3) is 52.5 Å². The Balaban J connectivity index is 1.11. The molecule has 4 heterocycles. The highest BCUT2D eigenvalue weighted by Gasteiger charge is 2.47. The first-order valence-electron chi connectivity index (χ1n) is 31.5. The normalized spacial score (nSPS) is 13.6. The first-order valence-corrected chi connectivity index (χ1v) is 33.1. The Bertz CT molecular complexity index is 4630. The first kappa shape index (κ1) is 57.6. The predicted molar refractivity (Wildman–Crippen MR) is 388 cm³/mol. The smallest absolute Gasteiger partial charge is 0.264 e. The van der Waals surface area contributed by atoms with Crippen LogP contribution in [0.3, 0.4) is 0 Å². The fraction of sp³-hybridized carbons (Fsp3) is 0.244. The fourth-order valence-corrected chi connectivity index (χ4v) is 15.9. The van der Waals surface area contributed by atoms with Crippen LogP contribution in [0, 0.1) is 0 Å². The quantitative estimate of drug-likeness (QED) is 0.147. The minimum atomic E-state index is -0.106. The van der Waals surface area contributed by atoms with Crippen LogP contribution in [0.1, 0.15) is 132 Å². The zero-order valence-electron chi connectivity index (χ0n) is 53.9. The van der Waals surface area contributed by atoms with Gasteiger partial charge < -0.3 is 14.7 Å². The number of thiophene rings is 2. The van der Waals surface area contributed by atoms with Crippen molar-refractivity contribution in [2.75, 3.05) is 14.7 Å². The first-order chi connectivity index (χ1) is 41.8. The number of para-hydroxylation sites is 2. The Morgan fingerprint density at radius 3 is 1.45 bits per heavy atom. The molecule has 2 aliphatic rings. The molecule has 2 aliphatic heterocycles. The molecule has 12 aromatic rings. The minimum absolute atomic E-state index is 0.0115. The zero-order chi connectivity index (χ0) is 61.6. The molecular weight excluding hydrogens is 1100 g/mol. The molecule has 0 saturated carbocycles. The van der Waals surface area contributed by atoms with Gasteiger partial charge in [0.05, 0.1) is 17.1 Å². The molecule has 14 rings (SSSR count). The van der Waals surface area contributed by atoms with Crippen LogP contribution < -0.4 is 30.4 Å². The van der Waals surface area contributed by atoms with Gasteiger partial charge in [0, 0.05) is 74.7 Å². The van der Waals surface area contributed by atoms with Crippen molar-refractivity contribution >= 4 is 127 Å². The third kappa shape index (κ3) is 9.96. The van der Waals surface area contributed by atoms with E-state index < -0.39 is 0 Å². The van der Waals surface area contributed by atoms with Crippen molar-refractivity contribution in [3.05, 3.63) is 240 Å². The molecule has 0 atom stereocenters. The van der Waals surface area contributed by atoms with Crippen molar-refractivity contribution in [1.82, 2.24) is 0 Å². The largest absolute Gasteiger partial charge is 0.311 e. The van der Waals surface area contributed by atoms with Gasteiger partial charge in [0.25, 0.3) is 6.71 Å². The number of hydrogen-bond donors (Lipinski definition) is 0. The van der Waals surface area contributed by atoms with E-state index >= 15 is 0 Å². The van der Waals surface area contributed by atoms with Crippen LogP contribution in [0.15, 0.2) is 212 Å². The maximum Gasteiger partial charge on any atom is 0.264 e. The Morgan fingerprint density at radius 1 is 0.330 bits per heavy atom. The monoisotopic (exact) mass is 1180 g/mol. The maximum absolute atomic E-state index is 2.67. The van der Waals surface area contributed by atoms with Crippen molar-refractivity contribution in [3.8, 4) is 22.3 Å². The molecule has 0 spiro atoms. The van der Waals surface area contributed by atoms with Gasteiger partial charge in [-0.1, -0.05) is 225 Å². The molecule has 0 N–H and O–H groups in total. The van der Waals surface area contributed by atoms with E-state index in [-0.39, 0.29) is 33.8 Å². The summed E-state index contributed by atoms with van der Waals surface area (Å²) in [7, 11) is 0. The van der Waals surface area contributed by atoms with Gasteiger partial charge in [-0.25, -0.2) is 0 Å². The maximum atomic E-state index is 2.67. The topological polar surface area (TPSA) is 9.72 Å². The number of anilines is 9. The van der Waals surface area contributed by atoms with E-state index in [1.54, 1.807) is 0 Å². The lowest BCUT2D eigenvalue weighted by Gasteiger charge is -2.45. The average molecular weight is 1180 g/mol. The second-order valence-corrected chi connectivity index (χ2v) is 32.1. The molecule has 0 bridgehead atoms. The molecule has 0 fully saturated rings. The summed E-state index contributed by atoms with van der Waals surface area (Å²) >= 11 is 3.87. The molecule has 2 aromatic heterocycles. The lowest BCUT2D eigenvalue weighted by molar-refractivity contribution is 0.569. The third-order valence-electron chi connectivity index (χ3n) is 18.6. The summed E-state index contributed by atoms with van der Waals surface area (Å²) < 4.78 is 5.27. The zero-order valence-corrected chi connectivity index (χ0v) is 55.6. The van der Waals surface area contributed by atoms with E-state index in [0.717, 1.165) is 28.4 Å². The molecule has 438 valence electrons. The summed E-state index contributed by atoms with van der Waals surface area (Å²) in [5, 5.41) is 3.90. The molecule has 0 saturated heterocycles. The summed E-state index contributed by atoms with van der Waals surface area (Å²) in [5.74, 6) is 0. The molecule has 3 nitrogen and oxygen atoms in total. The van der Waals surface area contributed by atoms with E-state index in [1.807, 2.05) is 22.7 Å². The van der Waals surface area contributed by atoms with Crippen molar-refractivity contribution in [3.63, 3.8) is 0 Å². The second kappa shape index (κ2) is 20.7. The summed E-state index contributed by atoms with van der Waals surface area (Å²) in [4.78, 5) is 7.80. The van der Waals surface area contributed by atoms with E-state index in [4.69, 9.17) is 0 Å². The molecular formula is C82H80BN3S2. The highest BCUT2D eigenvalue weighted by molar-refractivity contribution is 7.33. The predicted octanol–water partition coefficient (Wildman–Crippen LogP) is 22.6. The Hall–Kier alpha value is -8.16. The standard InChI is InChI=1S/C82H80BN3S2/c1-78(2,3)54-33-39-68(65(46-54)52-32-38-64-63-28-22-23-29-72(63)87-74(64)44-52)86-69-40-34-56(80(7,8)9)48-67(69)83-75-70(49-62(50-71(75)86)84(59-24-18-16-19-25-59)60-26-20-17-21-27-60)85(76-66-47-55(79(4,5)6)35-41-73(66)88-77(76)83)61-36-30-51(31-37-61)53-42-57(81(10,11)12)45-58(43-53)82(13,14)15/h16-50H,1-15H3. The molecule has 88 heavy (non-hydrogen) atoms. The van der Waals surface area contributed by atoms with Crippen LogP contribution in [0.5, 0.6) is 0 Å². The summed E-state index contributed by atoms with van der Waals surface area (Å²) in [6, 6.07) is 82.0. The van der Waals surface area contributed by atoms with Crippen LogP contribution in [-0.4, -0.2) is 6.71 Å². The third-order valence-corrected chi connectivity index (χ3v) is 20.9. The summed E-state index contributed by atoms with van der Waals surface area (Å²) in [5.41, 5.74) is 24.3. The number of fused-ring (bicyclic) bond motifs is 9. The van der Waals surface area contributed by atoms with E-state index in [9.17, 15) is 0 Å². The summed E-state index contributed by atoms with van der Waals surface area (Å²) in [6.45, 7) is 35.1. The lowest BCUT2D eigenvalue weighted by atomic mass is 9.36. The van der Waals surface area contributed by atoms with E-state index in [0.29, 0.717) is 0 Å². The molecule has 0 aliphatic carbocycles. The average Bonchev–Trinajstić information content (AvgIpc) is 1.17. The fourth-order valence-electron chi connectivity index (χ4n) is 13.4. The van der Waals surface area contributed by atoms with Crippen molar-refractivity contribution in [2.24, 2.45) is 0 Å². The molecule has 0 radical (unpaired) electrons. The van der Waals surface area contributed by atoms with Crippen LogP contribution in [0.2, 0.25) is 0 Å². The lowest BCUT2D eigenvalue weighted by Crippen LogP contribution is -2.60. The SMILES string of the molecule is CC(C)(C)c1cc(-c2ccc(N3c4cc(N(c5ccccc5)c5ccccc5)cc5c4B(c4cc(C(C)(C)C)ccc4N5c4ccc(C(C)(C)C)cc4-c4ccc5c(c4)sc4ccccc45)c4sc5ccc(C(C)(C)C)cc5c43)cc2)cc(C(C)(C)C)c1. The van der Waals surface area contributed by atoms with Crippen molar-refractivity contribution in [2.45, 2.75) is 131 Å². The number of benzene rings is 10. The van der Waals surface area contributed by atoms with Crippen molar-refractivity contribution < 1.29 is 0 Å². The highest BCUT2D eigenvalue weighted by Crippen LogP contribution is 2.53. The Kier molecular flexibility index (Phi) is 13.6. The van der Waals surface area contributed by atoms with Gasteiger partial charge in [-0.15, -0.1) is 22.7 Å². The minimum Gasteiger partial charge on any atom is -0.311 e. The highest BCUT2D eigenvalue weighted by atomic mass is 32.1. The van der Waals surface area contributed by atoms with Gasteiger partial charge in [-0.2, -0.15) is 0 Å². The van der Waals surface area contributed by atoms with Gasteiger partial charge in [0.1, 0.15) is 0 Å². The number of hydrogen-bond acceptors (Lipinski definition) is 5. The van der Waals surface area contributed by atoms with Crippen LogP contribution in [-0.2, 0) is 27.1 Å². The second-order valence-electron chi connectivity index (χ2n) is 29.9. The Morgan fingerprint density at radius 2 is 0.841 bits per heavy atom. The van der Waals surface area contributed by atoms with E-state index in [1.165, 1.54) is 119 Å². The van der Waals surface area contributed by atoms with Gasteiger partial charge in [0.2, 0.25) is 0 Å². The van der Waals surface area contributed by atoms with Gasteiger partial charge in [-0.3, -0.25) is 0 Å². The van der Waals surface area contributed by atoms with Crippen molar-refractivity contribution in [1.29, 1.82) is 0 Å². The van der Waals surface area contributed by atoms with Gasteiger partial charge in [0.15, 0.2) is 0 Å². The van der Waals surface area contributed by atoms with Crippen LogP contribution >= 0.6 is 22.7 Å². The van der Waals surface area contributed by atoms with Crippen LogP contribution in [0.4, 0.5) is 51.2 Å². The molecule has 6 heteroatoms. The Labute approximate surface area is 531 Å². The number of rotatable bonds is 7. The van der Waals surface area contributed by atoms with Gasteiger partial charge >= 0.3 is 0 Å². The molecule has 0 amide bonds. The van der Waals surface area contributed by atoms with E-state index in [2.05, 4.69) is 331 Å². The summed E-state index contributed by atoms with van der Waals surface area (Å²) in [6.07, 6.45) is 0. The number of nitrogens with zero attached hydrogens (tertiary/aromatic N) is 3. The van der Waals surface area contributed by atoms with Gasteiger partial charge in [-0.05, 0) is 174 Å². The molecule has 0 unspecified atom stereocenters.